The first-order chi connectivity index (χ1) is 13.2. The minimum Gasteiger partial charge on any atom is -0.335 e. The molecule has 0 aliphatic heterocycles. The van der Waals surface area contributed by atoms with Crippen LogP contribution in [0.5, 0.6) is 0 Å². The van der Waals surface area contributed by atoms with Crippen LogP contribution < -0.4 is 10.7 Å². The number of amides is 1. The molecular formula is C15H12F4N6OS2. The lowest BCUT2D eigenvalue weighted by Gasteiger charge is -2.18. The number of aromatic nitrogens is 4. The highest BCUT2D eigenvalue weighted by Gasteiger charge is 2.38. The van der Waals surface area contributed by atoms with Crippen molar-refractivity contribution in [1.29, 1.82) is 0 Å². The summed E-state index contributed by atoms with van der Waals surface area (Å²) in [6.45, 7) is 1.28. The van der Waals surface area contributed by atoms with Gasteiger partial charge in [0.15, 0.2) is 5.13 Å². The van der Waals surface area contributed by atoms with Gasteiger partial charge in [0.05, 0.1) is 11.4 Å². The summed E-state index contributed by atoms with van der Waals surface area (Å²) in [7, 11) is 0. The largest absolute Gasteiger partial charge is 0.453 e. The number of thiazole rings is 1. The molecule has 3 aromatic rings. The second kappa shape index (κ2) is 7.75. The van der Waals surface area contributed by atoms with Gasteiger partial charge in [-0.05, 0) is 12.1 Å². The number of nitrogens with zero attached hydrogens (tertiary/aromatic N) is 5. The molecule has 0 saturated heterocycles. The summed E-state index contributed by atoms with van der Waals surface area (Å²) in [4.78, 5) is 17.4. The fourth-order valence-electron chi connectivity index (χ4n) is 2.21. The van der Waals surface area contributed by atoms with Gasteiger partial charge in [-0.2, -0.15) is 13.2 Å². The average molecular weight is 432 g/mol. The first kappa shape index (κ1) is 20.1. The molecule has 0 unspecified atom stereocenters. The van der Waals surface area contributed by atoms with E-state index < -0.39 is 23.7 Å². The molecule has 0 saturated carbocycles. The highest BCUT2D eigenvalue weighted by atomic mass is 32.2. The number of hydrogen-bond donors (Lipinski definition) is 1. The van der Waals surface area contributed by atoms with Crippen molar-refractivity contribution >= 4 is 39.8 Å². The van der Waals surface area contributed by atoms with E-state index in [1.807, 2.05) is 0 Å². The highest BCUT2D eigenvalue weighted by molar-refractivity contribution is 7.98. The summed E-state index contributed by atoms with van der Waals surface area (Å²) >= 11 is 2.00. The predicted octanol–water partition coefficient (Wildman–Crippen LogP) is 3.58. The van der Waals surface area contributed by atoms with Gasteiger partial charge in [0, 0.05) is 18.1 Å². The molecule has 2 aromatic heterocycles. The van der Waals surface area contributed by atoms with Crippen LogP contribution in [-0.2, 0) is 16.7 Å². The predicted molar refractivity (Wildman–Crippen MR) is 96.1 cm³/mol. The lowest BCUT2D eigenvalue weighted by molar-refractivity contribution is -0.146. The van der Waals surface area contributed by atoms with Crippen LogP contribution in [0.3, 0.4) is 0 Å². The Bertz CT molecular complexity index is 1000. The van der Waals surface area contributed by atoms with E-state index in [0.29, 0.717) is 10.4 Å². The van der Waals surface area contributed by atoms with Crippen LogP contribution in [0.4, 0.5) is 28.4 Å². The number of nitrogen functional groups attached to an aromatic ring is 1. The SMILES string of the molecule is CC(=O)N(c1nc(CSc2nnc(C(F)(F)F)n2N)cs1)c1ccccc1F. The minimum atomic E-state index is -4.71. The third kappa shape index (κ3) is 4.09. The van der Waals surface area contributed by atoms with Crippen molar-refractivity contribution in [2.75, 3.05) is 10.7 Å². The minimum absolute atomic E-state index is 0.0556. The highest BCUT2D eigenvalue weighted by Crippen LogP contribution is 2.33. The molecule has 1 amide bonds. The van der Waals surface area contributed by atoms with Crippen LogP contribution in [-0.4, -0.2) is 25.8 Å². The zero-order chi connectivity index (χ0) is 20.5. The van der Waals surface area contributed by atoms with Gasteiger partial charge >= 0.3 is 6.18 Å². The molecule has 0 atom stereocenters. The summed E-state index contributed by atoms with van der Waals surface area (Å²) in [6, 6.07) is 5.76. The van der Waals surface area contributed by atoms with Crippen LogP contribution in [0.1, 0.15) is 18.4 Å². The Morgan fingerprint density at radius 3 is 2.64 bits per heavy atom. The summed E-state index contributed by atoms with van der Waals surface area (Å²) in [6.07, 6.45) is -4.71. The van der Waals surface area contributed by atoms with Gasteiger partial charge in [0.1, 0.15) is 5.82 Å². The Morgan fingerprint density at radius 2 is 2.04 bits per heavy atom. The van der Waals surface area contributed by atoms with Crippen LogP contribution in [0.2, 0.25) is 0 Å². The van der Waals surface area contributed by atoms with Gasteiger partial charge in [-0.1, -0.05) is 23.9 Å². The number of halogens is 4. The van der Waals surface area contributed by atoms with E-state index in [1.165, 1.54) is 25.1 Å². The molecule has 7 nitrogen and oxygen atoms in total. The van der Waals surface area contributed by atoms with Crippen molar-refractivity contribution < 1.29 is 22.4 Å². The molecule has 0 aliphatic rings. The van der Waals surface area contributed by atoms with Crippen molar-refractivity contribution in [2.24, 2.45) is 0 Å². The Morgan fingerprint density at radius 1 is 1.32 bits per heavy atom. The standard InChI is InChI=1S/C15H12F4N6OS2/c1-8(26)24(11-5-3-2-4-10(11)16)13-21-9(6-27-13)7-28-14-23-22-12(25(14)20)15(17,18)19/h2-6H,7,20H2,1H3. The molecule has 0 bridgehead atoms. The van der Waals surface area contributed by atoms with Gasteiger partial charge < -0.3 is 5.84 Å². The molecule has 0 aliphatic carbocycles. The van der Waals surface area contributed by atoms with Crippen molar-refractivity contribution in [3.8, 4) is 0 Å². The third-order valence-corrected chi connectivity index (χ3v) is 5.26. The lowest BCUT2D eigenvalue weighted by atomic mass is 10.3. The maximum absolute atomic E-state index is 14.1. The summed E-state index contributed by atoms with van der Waals surface area (Å²) in [5.41, 5.74) is 0.518. The number of benzene rings is 1. The molecular weight excluding hydrogens is 420 g/mol. The maximum Gasteiger partial charge on any atom is 0.453 e. The molecule has 2 heterocycles. The molecule has 2 N–H and O–H groups in total. The van der Waals surface area contributed by atoms with E-state index in [-0.39, 0.29) is 21.7 Å². The van der Waals surface area contributed by atoms with Crippen LogP contribution >= 0.6 is 23.1 Å². The molecule has 13 heteroatoms. The zero-order valence-electron chi connectivity index (χ0n) is 14.1. The number of para-hydroxylation sites is 1. The van der Waals surface area contributed by atoms with Gasteiger partial charge in [0.2, 0.25) is 11.1 Å². The summed E-state index contributed by atoms with van der Waals surface area (Å²) < 4.78 is 52.5. The lowest BCUT2D eigenvalue weighted by Crippen LogP contribution is -2.23. The van der Waals surface area contributed by atoms with Gasteiger partial charge in [-0.25, -0.2) is 14.1 Å². The number of nitrogens with two attached hydrogens (primary N) is 1. The molecule has 0 radical (unpaired) electrons. The van der Waals surface area contributed by atoms with Gasteiger partial charge in [0.25, 0.3) is 5.82 Å². The van der Waals surface area contributed by atoms with Crippen molar-refractivity contribution in [3.63, 3.8) is 0 Å². The number of carbonyl (C=O) groups excluding carboxylic acids is 1. The quantitative estimate of drug-likeness (QED) is 0.377. The monoisotopic (exact) mass is 432 g/mol. The Balaban J connectivity index is 1.78. The molecule has 3 rings (SSSR count). The molecule has 0 spiro atoms. The van der Waals surface area contributed by atoms with E-state index in [4.69, 9.17) is 5.84 Å². The van der Waals surface area contributed by atoms with Crippen molar-refractivity contribution in [1.82, 2.24) is 19.9 Å². The smallest absolute Gasteiger partial charge is 0.335 e. The second-order valence-corrected chi connectivity index (χ2v) is 7.17. The van der Waals surface area contributed by atoms with Crippen LogP contribution in [0.15, 0.2) is 34.8 Å². The van der Waals surface area contributed by atoms with Gasteiger partial charge in [-0.15, -0.1) is 21.5 Å². The Kier molecular flexibility index (Phi) is 5.56. The van der Waals surface area contributed by atoms with E-state index in [2.05, 4.69) is 15.2 Å². The van der Waals surface area contributed by atoms with E-state index in [1.54, 1.807) is 11.4 Å². The van der Waals surface area contributed by atoms with Crippen LogP contribution in [0.25, 0.3) is 0 Å². The fraction of sp³-hybridized carbons (Fsp3) is 0.200. The number of rotatable bonds is 5. The summed E-state index contributed by atoms with van der Waals surface area (Å²) in [5.74, 6) is 3.18. The number of hydrogen-bond acceptors (Lipinski definition) is 7. The summed E-state index contributed by atoms with van der Waals surface area (Å²) in [5, 5.41) is 8.16. The zero-order valence-corrected chi connectivity index (χ0v) is 15.8. The van der Waals surface area contributed by atoms with Gasteiger partial charge in [-0.3, -0.25) is 9.69 Å². The molecule has 28 heavy (non-hydrogen) atoms. The topological polar surface area (TPSA) is 89.9 Å². The third-order valence-electron chi connectivity index (χ3n) is 3.41. The van der Waals surface area contributed by atoms with E-state index >= 15 is 0 Å². The Labute approximate surface area is 164 Å². The fourth-order valence-corrected chi connectivity index (χ4v) is 3.95. The van der Waals surface area contributed by atoms with E-state index in [0.717, 1.165) is 28.0 Å². The van der Waals surface area contributed by atoms with Crippen molar-refractivity contribution in [2.45, 2.75) is 24.0 Å². The number of carbonyl (C=O) groups is 1. The number of alkyl halides is 3. The normalized spacial score (nSPS) is 11.6. The molecule has 0 fully saturated rings. The molecule has 1 aromatic carbocycles. The first-order valence-corrected chi connectivity index (χ1v) is 9.45. The molecule has 148 valence electrons. The number of anilines is 2. The average Bonchev–Trinajstić information content (AvgIpc) is 3.21. The number of thioether (sulfide) groups is 1. The maximum atomic E-state index is 14.1. The van der Waals surface area contributed by atoms with E-state index in [9.17, 15) is 22.4 Å². The Hall–Kier alpha value is -2.67. The van der Waals surface area contributed by atoms with Crippen molar-refractivity contribution in [3.05, 3.63) is 47.0 Å². The first-order valence-electron chi connectivity index (χ1n) is 7.58. The van der Waals surface area contributed by atoms with Crippen LogP contribution in [0, 0.1) is 5.82 Å². The second-order valence-electron chi connectivity index (χ2n) is 5.39.